The molecule has 8 heteroatoms. The van der Waals surface area contributed by atoms with Gasteiger partial charge in [-0.05, 0) is 19.4 Å². The van der Waals surface area contributed by atoms with Gasteiger partial charge >= 0.3 is 0 Å². The number of halogens is 1. The fourth-order valence-corrected chi connectivity index (χ4v) is 2.20. The van der Waals surface area contributed by atoms with Crippen molar-refractivity contribution in [2.45, 2.75) is 19.9 Å². The number of nitrogens with zero attached hydrogens (tertiary/aromatic N) is 1. The van der Waals surface area contributed by atoms with Gasteiger partial charge in [0.2, 0.25) is 10.0 Å². The van der Waals surface area contributed by atoms with Gasteiger partial charge in [0.15, 0.2) is 5.96 Å². The van der Waals surface area contributed by atoms with Crippen LogP contribution >= 0.6 is 0 Å². The molecule has 0 atom stereocenters. The van der Waals surface area contributed by atoms with E-state index in [0.717, 1.165) is 6.26 Å². The minimum atomic E-state index is -3.15. The summed E-state index contributed by atoms with van der Waals surface area (Å²) in [6, 6.07) is 6.51. The lowest BCUT2D eigenvalue weighted by atomic mass is 10.2. The van der Waals surface area contributed by atoms with Gasteiger partial charge in [-0.25, -0.2) is 22.5 Å². The summed E-state index contributed by atoms with van der Waals surface area (Å²) in [4.78, 5) is 4.31. The maximum absolute atomic E-state index is 13.5. The third-order valence-corrected chi connectivity index (χ3v) is 3.45. The van der Waals surface area contributed by atoms with Gasteiger partial charge in [-0.3, -0.25) is 0 Å². The molecule has 1 aromatic rings. The molecule has 0 aromatic heterocycles. The summed E-state index contributed by atoms with van der Waals surface area (Å²) in [6.07, 6.45) is 1.75. The van der Waals surface area contributed by atoms with E-state index in [9.17, 15) is 12.8 Å². The average molecular weight is 330 g/mol. The summed E-state index contributed by atoms with van der Waals surface area (Å²) in [7, 11) is -3.15. The van der Waals surface area contributed by atoms with Gasteiger partial charge < -0.3 is 10.6 Å². The Bertz CT molecular complexity index is 590. The van der Waals surface area contributed by atoms with Crippen molar-refractivity contribution >= 4 is 16.0 Å². The largest absolute Gasteiger partial charge is 0.357 e. The predicted molar refractivity (Wildman–Crippen MR) is 86.7 cm³/mol. The highest BCUT2D eigenvalue weighted by molar-refractivity contribution is 7.88. The third-order valence-electron chi connectivity index (χ3n) is 2.72. The SMILES string of the molecule is CCNC(=NCc1ccccc1F)NCCCNS(C)(=O)=O. The van der Waals surface area contributed by atoms with E-state index in [1.54, 1.807) is 18.2 Å². The zero-order chi connectivity index (χ0) is 16.4. The van der Waals surface area contributed by atoms with Crippen LogP contribution in [-0.4, -0.2) is 40.3 Å². The van der Waals surface area contributed by atoms with Crippen molar-refractivity contribution in [2.75, 3.05) is 25.9 Å². The molecule has 0 unspecified atom stereocenters. The first-order valence-electron chi connectivity index (χ1n) is 7.12. The fourth-order valence-electron chi connectivity index (χ4n) is 1.69. The summed E-state index contributed by atoms with van der Waals surface area (Å²) in [5, 5.41) is 6.14. The Morgan fingerprint density at radius 2 is 1.95 bits per heavy atom. The molecule has 0 radical (unpaired) electrons. The molecule has 22 heavy (non-hydrogen) atoms. The molecule has 0 saturated heterocycles. The van der Waals surface area contributed by atoms with Crippen molar-refractivity contribution in [1.29, 1.82) is 0 Å². The molecule has 1 rings (SSSR count). The van der Waals surface area contributed by atoms with Crippen LogP contribution in [0.4, 0.5) is 4.39 Å². The Kier molecular flexibility index (Phi) is 7.83. The molecular weight excluding hydrogens is 307 g/mol. The second kappa shape index (κ2) is 9.37. The Hall–Kier alpha value is -1.67. The number of hydrogen-bond donors (Lipinski definition) is 3. The first-order chi connectivity index (χ1) is 10.4. The van der Waals surface area contributed by atoms with Crippen LogP contribution in [-0.2, 0) is 16.6 Å². The van der Waals surface area contributed by atoms with Crippen LogP contribution in [0.5, 0.6) is 0 Å². The zero-order valence-electron chi connectivity index (χ0n) is 12.9. The lowest BCUT2D eigenvalue weighted by Crippen LogP contribution is -2.38. The van der Waals surface area contributed by atoms with Crippen LogP contribution in [0.3, 0.4) is 0 Å². The molecule has 1 aromatic carbocycles. The maximum atomic E-state index is 13.5. The van der Waals surface area contributed by atoms with E-state index in [4.69, 9.17) is 0 Å². The van der Waals surface area contributed by atoms with E-state index in [-0.39, 0.29) is 12.4 Å². The van der Waals surface area contributed by atoms with Crippen molar-refractivity contribution in [3.8, 4) is 0 Å². The highest BCUT2D eigenvalue weighted by Crippen LogP contribution is 2.07. The number of aliphatic imine (C=N–C) groups is 1. The Morgan fingerprint density at radius 1 is 1.23 bits per heavy atom. The Labute approximate surface area is 131 Å². The quantitative estimate of drug-likeness (QED) is 0.374. The van der Waals surface area contributed by atoms with Gasteiger partial charge in [0, 0.05) is 25.2 Å². The molecule has 0 saturated carbocycles. The smallest absolute Gasteiger partial charge is 0.208 e. The third kappa shape index (κ3) is 7.94. The predicted octanol–water partition coefficient (Wildman–Crippen LogP) is 0.820. The first kappa shape index (κ1) is 18.4. The van der Waals surface area contributed by atoms with Crippen molar-refractivity contribution in [3.63, 3.8) is 0 Å². The molecule has 0 spiro atoms. The second-order valence-electron chi connectivity index (χ2n) is 4.73. The molecule has 6 nitrogen and oxygen atoms in total. The van der Waals surface area contributed by atoms with E-state index in [0.29, 0.717) is 37.6 Å². The molecule has 124 valence electrons. The lowest BCUT2D eigenvalue weighted by Gasteiger charge is -2.11. The summed E-state index contributed by atoms with van der Waals surface area (Å²) in [5.74, 6) is 0.296. The first-order valence-corrected chi connectivity index (χ1v) is 9.01. The van der Waals surface area contributed by atoms with E-state index in [1.165, 1.54) is 6.07 Å². The molecular formula is C14H23FN4O2S. The summed E-state index contributed by atoms with van der Waals surface area (Å²) >= 11 is 0. The fraction of sp³-hybridized carbons (Fsp3) is 0.500. The van der Waals surface area contributed by atoms with Gasteiger partial charge in [0.05, 0.1) is 12.8 Å². The molecule has 0 bridgehead atoms. The highest BCUT2D eigenvalue weighted by atomic mass is 32.2. The van der Waals surface area contributed by atoms with Crippen LogP contribution in [0.2, 0.25) is 0 Å². The van der Waals surface area contributed by atoms with Crippen molar-refractivity contribution in [3.05, 3.63) is 35.6 Å². The number of benzene rings is 1. The molecule has 0 fully saturated rings. The van der Waals surface area contributed by atoms with Crippen molar-refractivity contribution in [1.82, 2.24) is 15.4 Å². The van der Waals surface area contributed by atoms with Crippen LogP contribution in [0.1, 0.15) is 18.9 Å². The number of sulfonamides is 1. The van der Waals surface area contributed by atoms with E-state index < -0.39 is 10.0 Å². The second-order valence-corrected chi connectivity index (χ2v) is 6.57. The Balaban J connectivity index is 2.44. The lowest BCUT2D eigenvalue weighted by molar-refractivity contribution is 0.584. The van der Waals surface area contributed by atoms with Crippen LogP contribution in [0.25, 0.3) is 0 Å². The average Bonchev–Trinajstić information content (AvgIpc) is 2.44. The van der Waals surface area contributed by atoms with Gasteiger partial charge in [0.25, 0.3) is 0 Å². The minimum absolute atomic E-state index is 0.240. The molecule has 0 amide bonds. The van der Waals surface area contributed by atoms with Crippen LogP contribution in [0.15, 0.2) is 29.3 Å². The highest BCUT2D eigenvalue weighted by Gasteiger charge is 2.02. The minimum Gasteiger partial charge on any atom is -0.357 e. The van der Waals surface area contributed by atoms with E-state index >= 15 is 0 Å². The number of nitrogens with one attached hydrogen (secondary N) is 3. The maximum Gasteiger partial charge on any atom is 0.208 e. The van der Waals surface area contributed by atoms with Crippen LogP contribution < -0.4 is 15.4 Å². The standard InChI is InChI=1S/C14H23FN4O2S/c1-3-16-14(17-9-6-10-19-22(2,20)21)18-11-12-7-4-5-8-13(12)15/h4-5,7-8,19H,3,6,9-11H2,1-2H3,(H2,16,17,18). The summed E-state index contributed by atoms with van der Waals surface area (Å²) in [6.45, 7) is 3.78. The Morgan fingerprint density at radius 3 is 2.59 bits per heavy atom. The summed E-state index contributed by atoms with van der Waals surface area (Å²) < 4.78 is 37.8. The van der Waals surface area contributed by atoms with Crippen molar-refractivity contribution < 1.29 is 12.8 Å². The van der Waals surface area contributed by atoms with E-state index in [2.05, 4.69) is 20.3 Å². The number of guanidine groups is 1. The van der Waals surface area contributed by atoms with Crippen molar-refractivity contribution in [2.24, 2.45) is 4.99 Å². The number of hydrogen-bond acceptors (Lipinski definition) is 3. The molecule has 0 aliphatic heterocycles. The molecule has 0 aliphatic rings. The topological polar surface area (TPSA) is 82.6 Å². The van der Waals surface area contributed by atoms with Gasteiger partial charge in [-0.1, -0.05) is 18.2 Å². The van der Waals surface area contributed by atoms with Gasteiger partial charge in [-0.15, -0.1) is 0 Å². The van der Waals surface area contributed by atoms with E-state index in [1.807, 2.05) is 6.92 Å². The molecule has 0 aliphatic carbocycles. The monoisotopic (exact) mass is 330 g/mol. The zero-order valence-corrected chi connectivity index (χ0v) is 13.7. The number of rotatable bonds is 8. The normalized spacial score (nSPS) is 12.2. The molecule has 3 N–H and O–H groups in total. The summed E-state index contributed by atoms with van der Waals surface area (Å²) in [5.41, 5.74) is 0.526. The molecule has 0 heterocycles. The van der Waals surface area contributed by atoms with Crippen LogP contribution in [0, 0.1) is 5.82 Å². The van der Waals surface area contributed by atoms with Gasteiger partial charge in [0.1, 0.15) is 5.82 Å². The van der Waals surface area contributed by atoms with Gasteiger partial charge in [-0.2, -0.15) is 0 Å².